The fourth-order valence-corrected chi connectivity index (χ4v) is 3.61. The number of methoxy groups -OCH3 is 1. The van der Waals surface area contributed by atoms with Gasteiger partial charge < -0.3 is 9.30 Å². The third kappa shape index (κ3) is 2.82. The molecule has 24 heavy (non-hydrogen) atoms. The lowest BCUT2D eigenvalue weighted by Crippen LogP contribution is -2.16. The van der Waals surface area contributed by atoms with Gasteiger partial charge in [0.25, 0.3) is 5.91 Å². The summed E-state index contributed by atoms with van der Waals surface area (Å²) in [5, 5.41) is 0. The Kier molecular flexibility index (Phi) is 4.44. The summed E-state index contributed by atoms with van der Waals surface area (Å²) in [7, 11) is 1.47. The van der Waals surface area contributed by atoms with Gasteiger partial charge in [0.2, 0.25) is 0 Å². The topological polar surface area (TPSA) is 43.6 Å². The van der Waals surface area contributed by atoms with Crippen LogP contribution in [0.15, 0.2) is 41.4 Å². The van der Waals surface area contributed by atoms with E-state index < -0.39 is 17.5 Å². The Morgan fingerprint density at radius 1 is 1.29 bits per heavy atom. The number of rotatable bonds is 3. The molecule has 4 nitrogen and oxygen atoms in total. The number of nitrogens with zero attached hydrogens (tertiary/aromatic N) is 2. The zero-order valence-corrected chi connectivity index (χ0v) is 13.9. The summed E-state index contributed by atoms with van der Waals surface area (Å²) in [5.74, 6) is -1.42. The van der Waals surface area contributed by atoms with Crippen LogP contribution in [-0.2, 0) is 6.54 Å². The van der Waals surface area contributed by atoms with Crippen molar-refractivity contribution in [3.05, 3.63) is 58.4 Å². The molecule has 0 bridgehead atoms. The summed E-state index contributed by atoms with van der Waals surface area (Å²) in [4.78, 5) is 16.9. The molecule has 2 aromatic carbocycles. The van der Waals surface area contributed by atoms with E-state index in [1.807, 2.05) is 6.92 Å². The predicted octanol–water partition coefficient (Wildman–Crippen LogP) is 3.75. The van der Waals surface area contributed by atoms with E-state index in [9.17, 15) is 13.6 Å². The highest BCUT2D eigenvalue weighted by atomic mass is 32.1. The quantitative estimate of drug-likeness (QED) is 0.723. The molecular formula is C17H14F2N2O2S. The summed E-state index contributed by atoms with van der Waals surface area (Å²) in [6.07, 6.45) is 0. The van der Waals surface area contributed by atoms with Crippen LogP contribution in [0.3, 0.4) is 0 Å². The predicted molar refractivity (Wildman–Crippen MR) is 88.3 cm³/mol. The van der Waals surface area contributed by atoms with Crippen molar-refractivity contribution in [3.8, 4) is 5.75 Å². The van der Waals surface area contributed by atoms with Crippen molar-refractivity contribution in [3.63, 3.8) is 0 Å². The number of fused-ring (bicyclic) bond motifs is 1. The first-order valence-electron chi connectivity index (χ1n) is 7.25. The van der Waals surface area contributed by atoms with Crippen LogP contribution < -0.4 is 9.54 Å². The van der Waals surface area contributed by atoms with Crippen LogP contribution in [0.2, 0.25) is 0 Å². The molecule has 0 N–H and O–H groups in total. The van der Waals surface area contributed by atoms with E-state index in [0.29, 0.717) is 27.4 Å². The van der Waals surface area contributed by atoms with Gasteiger partial charge in [-0.05, 0) is 25.1 Å². The molecular weight excluding hydrogens is 334 g/mol. The number of aromatic nitrogens is 1. The van der Waals surface area contributed by atoms with E-state index in [1.165, 1.54) is 13.2 Å². The van der Waals surface area contributed by atoms with Gasteiger partial charge >= 0.3 is 0 Å². The molecule has 1 amide bonds. The number of thiazole rings is 1. The molecule has 1 aromatic heterocycles. The van der Waals surface area contributed by atoms with Gasteiger partial charge in [-0.1, -0.05) is 23.5 Å². The number of benzene rings is 2. The average Bonchev–Trinajstić information content (AvgIpc) is 2.91. The zero-order chi connectivity index (χ0) is 17.3. The molecule has 1 heterocycles. The van der Waals surface area contributed by atoms with Crippen LogP contribution >= 0.6 is 11.3 Å². The van der Waals surface area contributed by atoms with Crippen molar-refractivity contribution >= 4 is 27.5 Å². The van der Waals surface area contributed by atoms with E-state index in [2.05, 4.69) is 4.99 Å². The van der Waals surface area contributed by atoms with Crippen LogP contribution in [-0.4, -0.2) is 17.6 Å². The molecule has 3 aromatic rings. The number of carbonyl (C=O) groups excluding carboxylic acids is 1. The number of ether oxygens (including phenoxy) is 1. The van der Waals surface area contributed by atoms with E-state index in [-0.39, 0.29) is 5.52 Å². The molecule has 0 aliphatic rings. The first-order chi connectivity index (χ1) is 11.5. The van der Waals surface area contributed by atoms with Crippen molar-refractivity contribution < 1.29 is 18.3 Å². The number of aryl methyl sites for hydroxylation is 1. The molecule has 0 aliphatic carbocycles. The Morgan fingerprint density at radius 2 is 2.04 bits per heavy atom. The van der Waals surface area contributed by atoms with Gasteiger partial charge in [-0.3, -0.25) is 4.79 Å². The third-order valence-corrected chi connectivity index (χ3v) is 4.57. The maximum atomic E-state index is 14.1. The van der Waals surface area contributed by atoms with Gasteiger partial charge in [0.05, 0.1) is 22.9 Å². The Hall–Kier alpha value is -2.54. The molecule has 124 valence electrons. The van der Waals surface area contributed by atoms with Gasteiger partial charge in [-0.2, -0.15) is 4.99 Å². The Labute approximate surface area is 140 Å². The molecule has 0 atom stereocenters. The first-order valence-corrected chi connectivity index (χ1v) is 8.07. The minimum atomic E-state index is -0.672. The van der Waals surface area contributed by atoms with Gasteiger partial charge in [0, 0.05) is 12.6 Å². The SMILES string of the molecule is CCn1c(=NC(=O)c2ccccc2OC)sc2cc(F)cc(F)c21. The number of hydrogen-bond donors (Lipinski definition) is 0. The van der Waals surface area contributed by atoms with Crippen molar-refractivity contribution in [1.29, 1.82) is 0 Å². The molecule has 0 radical (unpaired) electrons. The molecule has 0 fully saturated rings. The number of para-hydroxylation sites is 1. The van der Waals surface area contributed by atoms with Gasteiger partial charge in [0.1, 0.15) is 11.6 Å². The third-order valence-electron chi connectivity index (χ3n) is 3.55. The van der Waals surface area contributed by atoms with Crippen LogP contribution in [0.1, 0.15) is 17.3 Å². The molecule has 0 saturated carbocycles. The number of hydrogen-bond acceptors (Lipinski definition) is 3. The molecule has 3 rings (SSSR count). The van der Waals surface area contributed by atoms with E-state index in [1.54, 1.807) is 28.8 Å². The number of halogens is 2. The molecule has 7 heteroatoms. The Morgan fingerprint density at radius 3 is 2.75 bits per heavy atom. The minimum Gasteiger partial charge on any atom is -0.496 e. The average molecular weight is 348 g/mol. The van der Waals surface area contributed by atoms with Crippen LogP contribution in [0.25, 0.3) is 10.2 Å². The van der Waals surface area contributed by atoms with E-state index in [0.717, 1.165) is 17.4 Å². The highest BCUT2D eigenvalue weighted by Crippen LogP contribution is 2.23. The van der Waals surface area contributed by atoms with Crippen molar-refractivity contribution in [1.82, 2.24) is 4.57 Å². The lowest BCUT2D eigenvalue weighted by Gasteiger charge is -2.04. The fourth-order valence-electron chi connectivity index (χ4n) is 2.48. The fraction of sp³-hybridized carbons (Fsp3) is 0.176. The maximum Gasteiger partial charge on any atom is 0.283 e. The van der Waals surface area contributed by atoms with Crippen molar-refractivity contribution in [2.75, 3.05) is 7.11 Å². The number of amides is 1. The Bertz CT molecular complexity index is 992. The highest BCUT2D eigenvalue weighted by molar-refractivity contribution is 7.16. The van der Waals surface area contributed by atoms with Crippen molar-refractivity contribution in [2.45, 2.75) is 13.5 Å². The lowest BCUT2D eigenvalue weighted by atomic mass is 10.2. The molecule has 0 unspecified atom stereocenters. The van der Waals surface area contributed by atoms with E-state index in [4.69, 9.17) is 4.74 Å². The maximum absolute atomic E-state index is 14.1. The second kappa shape index (κ2) is 6.52. The normalized spacial score (nSPS) is 11.9. The summed E-state index contributed by atoms with van der Waals surface area (Å²) in [6.45, 7) is 2.21. The van der Waals surface area contributed by atoms with Crippen LogP contribution in [0.5, 0.6) is 5.75 Å². The summed E-state index contributed by atoms with van der Waals surface area (Å²) in [5.41, 5.74) is 0.558. The van der Waals surface area contributed by atoms with Gasteiger partial charge in [0.15, 0.2) is 10.6 Å². The second-order valence-electron chi connectivity index (χ2n) is 4.98. The lowest BCUT2D eigenvalue weighted by molar-refractivity contribution is 0.0995. The van der Waals surface area contributed by atoms with Gasteiger partial charge in [-0.25, -0.2) is 8.78 Å². The minimum absolute atomic E-state index is 0.246. The van der Waals surface area contributed by atoms with Crippen LogP contribution in [0.4, 0.5) is 8.78 Å². The molecule has 0 spiro atoms. The smallest absolute Gasteiger partial charge is 0.283 e. The monoisotopic (exact) mass is 348 g/mol. The van der Waals surface area contributed by atoms with Crippen molar-refractivity contribution in [2.24, 2.45) is 4.99 Å². The van der Waals surface area contributed by atoms with Gasteiger partial charge in [-0.15, -0.1) is 0 Å². The Balaban J connectivity index is 2.20. The summed E-state index contributed by atoms with van der Waals surface area (Å²) < 4.78 is 34.6. The first kappa shape index (κ1) is 16.3. The van der Waals surface area contributed by atoms with Crippen LogP contribution in [0, 0.1) is 11.6 Å². The summed E-state index contributed by atoms with van der Waals surface area (Å²) >= 11 is 1.07. The standard InChI is InChI=1S/C17H14F2N2O2S/c1-3-21-15-12(19)8-10(18)9-14(15)24-17(21)20-16(22)11-6-4-5-7-13(11)23-2/h4-9H,3H2,1-2H3. The largest absolute Gasteiger partial charge is 0.496 e. The second-order valence-corrected chi connectivity index (χ2v) is 5.99. The summed E-state index contributed by atoms with van der Waals surface area (Å²) in [6, 6.07) is 8.79. The molecule has 0 saturated heterocycles. The van der Waals surface area contributed by atoms with E-state index >= 15 is 0 Å². The number of carbonyl (C=O) groups is 1. The zero-order valence-electron chi connectivity index (χ0n) is 13.0. The molecule has 0 aliphatic heterocycles. The highest BCUT2D eigenvalue weighted by Gasteiger charge is 2.15.